The van der Waals surface area contributed by atoms with Crippen LogP contribution in [0.1, 0.15) is 32.6 Å². The van der Waals surface area contributed by atoms with Crippen LogP contribution in [0.4, 0.5) is 0 Å². The maximum absolute atomic E-state index is 11.4. The van der Waals surface area contributed by atoms with Crippen LogP contribution in [0.2, 0.25) is 0 Å². The zero-order valence-corrected chi connectivity index (χ0v) is 8.10. The van der Waals surface area contributed by atoms with Gasteiger partial charge in [-0.15, -0.1) is 0 Å². The fourth-order valence-corrected chi connectivity index (χ4v) is 1.64. The number of carbonyl (C=O) groups is 1. The molecule has 1 fully saturated rings. The molecule has 0 atom stereocenters. The second kappa shape index (κ2) is 5.02. The molecule has 0 saturated heterocycles. The van der Waals surface area contributed by atoms with E-state index in [1.807, 2.05) is 6.92 Å². The highest BCUT2D eigenvalue weighted by Crippen LogP contribution is 2.26. The van der Waals surface area contributed by atoms with Gasteiger partial charge in [0.1, 0.15) is 0 Å². The highest BCUT2D eigenvalue weighted by Gasteiger charge is 2.13. The van der Waals surface area contributed by atoms with Crippen LogP contribution in [0.3, 0.4) is 0 Å². The third-order valence-electron chi connectivity index (χ3n) is 2.48. The van der Waals surface area contributed by atoms with Crippen molar-refractivity contribution >= 4 is 5.91 Å². The molecule has 3 nitrogen and oxygen atoms in total. The van der Waals surface area contributed by atoms with E-state index in [1.54, 1.807) is 0 Å². The van der Waals surface area contributed by atoms with Crippen molar-refractivity contribution in [2.45, 2.75) is 32.6 Å². The van der Waals surface area contributed by atoms with Crippen molar-refractivity contribution in [3.63, 3.8) is 0 Å². The summed E-state index contributed by atoms with van der Waals surface area (Å²) in [7, 11) is 0. The topological polar surface area (TPSA) is 49.3 Å². The fraction of sp³-hybridized carbons (Fsp3) is 0.700. The van der Waals surface area contributed by atoms with Crippen LogP contribution in [-0.2, 0) is 4.79 Å². The molecule has 0 unspecified atom stereocenters. The Hall–Kier alpha value is -0.830. The van der Waals surface area contributed by atoms with Gasteiger partial charge in [0.25, 0.3) is 0 Å². The summed E-state index contributed by atoms with van der Waals surface area (Å²) >= 11 is 0. The van der Waals surface area contributed by atoms with Crippen molar-refractivity contribution < 1.29 is 9.90 Å². The Balaban J connectivity index is 2.49. The summed E-state index contributed by atoms with van der Waals surface area (Å²) in [6, 6.07) is 0. The minimum atomic E-state index is -0.0223. The van der Waals surface area contributed by atoms with Crippen LogP contribution in [0.25, 0.3) is 0 Å². The molecule has 0 radical (unpaired) electrons. The number of allylic oxidation sites excluding steroid dienone is 1. The van der Waals surface area contributed by atoms with E-state index in [0.717, 1.165) is 18.4 Å². The number of hydrogen-bond donors (Lipinski definition) is 2. The lowest BCUT2D eigenvalue weighted by atomic mass is 10.1. The van der Waals surface area contributed by atoms with Crippen LogP contribution in [0.15, 0.2) is 11.1 Å². The molecule has 0 aromatic rings. The van der Waals surface area contributed by atoms with Gasteiger partial charge in [0.15, 0.2) is 0 Å². The standard InChI is InChI=1S/C10H17NO2/c1-8(9-4-2-3-5-9)10(13)11-6-7-12/h12H,2-7H2,1H3,(H,11,13). The van der Waals surface area contributed by atoms with Crippen LogP contribution >= 0.6 is 0 Å². The minimum Gasteiger partial charge on any atom is -0.395 e. The van der Waals surface area contributed by atoms with Crippen LogP contribution < -0.4 is 5.32 Å². The molecule has 1 aliphatic rings. The molecule has 2 N–H and O–H groups in total. The number of amides is 1. The molecule has 0 aromatic carbocycles. The van der Waals surface area contributed by atoms with E-state index in [4.69, 9.17) is 5.11 Å². The summed E-state index contributed by atoms with van der Waals surface area (Å²) < 4.78 is 0. The maximum Gasteiger partial charge on any atom is 0.246 e. The zero-order valence-electron chi connectivity index (χ0n) is 8.10. The molecule has 0 aromatic heterocycles. The molecule has 13 heavy (non-hydrogen) atoms. The first kappa shape index (κ1) is 10.3. The predicted octanol–water partition coefficient (Wildman–Crippen LogP) is 0.985. The van der Waals surface area contributed by atoms with Crippen LogP contribution in [0.5, 0.6) is 0 Å². The number of nitrogens with one attached hydrogen (secondary N) is 1. The molecule has 1 rings (SSSR count). The number of aliphatic hydroxyl groups excluding tert-OH is 1. The first-order valence-corrected chi connectivity index (χ1v) is 4.83. The molecule has 74 valence electrons. The molecular weight excluding hydrogens is 166 g/mol. The van der Waals surface area contributed by atoms with E-state index >= 15 is 0 Å². The normalized spacial score (nSPS) is 16.0. The Morgan fingerprint density at radius 2 is 2.08 bits per heavy atom. The Labute approximate surface area is 78.8 Å². The smallest absolute Gasteiger partial charge is 0.246 e. The van der Waals surface area contributed by atoms with Gasteiger partial charge in [-0.1, -0.05) is 5.57 Å². The largest absolute Gasteiger partial charge is 0.395 e. The van der Waals surface area contributed by atoms with E-state index in [1.165, 1.54) is 18.4 Å². The van der Waals surface area contributed by atoms with E-state index < -0.39 is 0 Å². The average Bonchev–Trinajstić information content (AvgIpc) is 2.65. The van der Waals surface area contributed by atoms with E-state index in [-0.39, 0.29) is 12.5 Å². The van der Waals surface area contributed by atoms with Gasteiger partial charge in [0, 0.05) is 12.1 Å². The molecule has 0 heterocycles. The van der Waals surface area contributed by atoms with Gasteiger partial charge in [-0.2, -0.15) is 0 Å². The summed E-state index contributed by atoms with van der Waals surface area (Å²) in [6.45, 7) is 2.23. The number of carbonyl (C=O) groups excluding carboxylic acids is 1. The summed E-state index contributed by atoms with van der Waals surface area (Å²) in [5.74, 6) is -0.0223. The van der Waals surface area contributed by atoms with Gasteiger partial charge in [0.05, 0.1) is 6.61 Å². The summed E-state index contributed by atoms with van der Waals surface area (Å²) in [6.07, 6.45) is 4.55. The molecule has 1 saturated carbocycles. The van der Waals surface area contributed by atoms with Gasteiger partial charge in [0.2, 0.25) is 5.91 Å². The number of aliphatic hydroxyl groups is 1. The third kappa shape index (κ3) is 2.84. The second-order valence-corrected chi connectivity index (χ2v) is 3.42. The molecule has 0 spiro atoms. The molecule has 0 aliphatic heterocycles. The monoisotopic (exact) mass is 183 g/mol. The van der Waals surface area contributed by atoms with Crippen molar-refractivity contribution in [3.8, 4) is 0 Å². The maximum atomic E-state index is 11.4. The predicted molar refractivity (Wildman–Crippen MR) is 51.3 cm³/mol. The molecule has 0 bridgehead atoms. The Bertz CT molecular complexity index is 213. The summed E-state index contributed by atoms with van der Waals surface area (Å²) in [5, 5.41) is 11.2. The minimum absolute atomic E-state index is 0.00829. The molecular formula is C10H17NO2. The highest BCUT2D eigenvalue weighted by atomic mass is 16.3. The van der Waals surface area contributed by atoms with Crippen molar-refractivity contribution in [1.82, 2.24) is 5.32 Å². The summed E-state index contributed by atoms with van der Waals surface area (Å²) in [4.78, 5) is 11.4. The third-order valence-corrected chi connectivity index (χ3v) is 2.48. The SMILES string of the molecule is CC(C(=O)NCCO)=C1CCCC1. The van der Waals surface area contributed by atoms with Crippen molar-refractivity contribution in [2.75, 3.05) is 13.2 Å². The van der Waals surface area contributed by atoms with Crippen LogP contribution in [-0.4, -0.2) is 24.2 Å². The van der Waals surface area contributed by atoms with Crippen LogP contribution in [0, 0.1) is 0 Å². The van der Waals surface area contributed by atoms with Gasteiger partial charge in [-0.25, -0.2) is 0 Å². The Kier molecular flexibility index (Phi) is 3.96. The first-order valence-electron chi connectivity index (χ1n) is 4.83. The number of hydrogen-bond acceptors (Lipinski definition) is 2. The molecule has 3 heteroatoms. The lowest BCUT2D eigenvalue weighted by Crippen LogP contribution is -2.27. The van der Waals surface area contributed by atoms with Gasteiger partial charge in [-0.05, 0) is 32.6 Å². The molecule has 1 aliphatic carbocycles. The van der Waals surface area contributed by atoms with Gasteiger partial charge >= 0.3 is 0 Å². The Morgan fingerprint density at radius 3 is 2.62 bits per heavy atom. The lowest BCUT2D eigenvalue weighted by molar-refractivity contribution is -0.117. The van der Waals surface area contributed by atoms with Gasteiger partial charge in [-0.3, -0.25) is 4.79 Å². The Morgan fingerprint density at radius 1 is 1.46 bits per heavy atom. The van der Waals surface area contributed by atoms with Crippen molar-refractivity contribution in [3.05, 3.63) is 11.1 Å². The number of rotatable bonds is 3. The summed E-state index contributed by atoms with van der Waals surface area (Å²) in [5.41, 5.74) is 2.14. The van der Waals surface area contributed by atoms with Gasteiger partial charge < -0.3 is 10.4 Å². The van der Waals surface area contributed by atoms with E-state index in [2.05, 4.69) is 5.32 Å². The highest BCUT2D eigenvalue weighted by molar-refractivity contribution is 5.93. The quantitative estimate of drug-likeness (QED) is 0.641. The first-order chi connectivity index (χ1) is 6.25. The average molecular weight is 183 g/mol. The van der Waals surface area contributed by atoms with Crippen molar-refractivity contribution in [2.24, 2.45) is 0 Å². The molecule has 1 amide bonds. The van der Waals surface area contributed by atoms with Crippen molar-refractivity contribution in [1.29, 1.82) is 0 Å². The zero-order chi connectivity index (χ0) is 9.68. The fourth-order valence-electron chi connectivity index (χ4n) is 1.64. The van der Waals surface area contributed by atoms with E-state index in [0.29, 0.717) is 6.54 Å². The second-order valence-electron chi connectivity index (χ2n) is 3.42. The lowest BCUT2D eigenvalue weighted by Gasteiger charge is -2.06. The van der Waals surface area contributed by atoms with E-state index in [9.17, 15) is 4.79 Å².